The number of alkyl halides is 3. The number of hydrogen-bond acceptors (Lipinski definition) is 6. The number of benzene rings is 2. The van der Waals surface area contributed by atoms with Crippen LogP contribution in [0.1, 0.15) is 28.8 Å². The van der Waals surface area contributed by atoms with E-state index in [1.807, 2.05) is 24.3 Å². The number of carboxylic acid groups (broad SMARTS) is 1. The van der Waals surface area contributed by atoms with E-state index in [4.69, 9.17) is 14.6 Å². The van der Waals surface area contributed by atoms with Crippen LogP contribution >= 0.6 is 0 Å². The first-order chi connectivity index (χ1) is 18.7. The molecule has 1 saturated heterocycles. The van der Waals surface area contributed by atoms with Gasteiger partial charge in [-0.15, -0.1) is 0 Å². The lowest BCUT2D eigenvalue weighted by Gasteiger charge is -2.32. The molecule has 39 heavy (non-hydrogen) atoms. The van der Waals surface area contributed by atoms with Gasteiger partial charge in [0.2, 0.25) is 5.88 Å². The van der Waals surface area contributed by atoms with E-state index in [0.717, 1.165) is 43.4 Å². The maximum atomic E-state index is 12.9. The SMILES string of the molecule is O=C(Nc1ccc2[nH]ncc2c1)c1cccnc1OC1CCN(Cc2ccccc2)CC1.O=C(O)C(F)(F)F. The van der Waals surface area contributed by atoms with E-state index in [1.54, 1.807) is 24.5 Å². The molecule has 1 aliphatic heterocycles. The number of carboxylic acids is 1. The smallest absolute Gasteiger partial charge is 0.475 e. The Morgan fingerprint density at radius 1 is 1.08 bits per heavy atom. The number of fused-ring (bicyclic) bond motifs is 1. The molecule has 4 aromatic rings. The second-order valence-electron chi connectivity index (χ2n) is 8.86. The molecule has 1 amide bonds. The second kappa shape index (κ2) is 12.4. The maximum Gasteiger partial charge on any atom is 0.490 e. The number of aromatic amines is 1. The summed E-state index contributed by atoms with van der Waals surface area (Å²) >= 11 is 0. The Hall–Kier alpha value is -4.45. The highest BCUT2D eigenvalue weighted by Gasteiger charge is 2.38. The van der Waals surface area contributed by atoms with Crippen LogP contribution < -0.4 is 10.1 Å². The number of nitrogens with one attached hydrogen (secondary N) is 2. The van der Waals surface area contributed by atoms with E-state index >= 15 is 0 Å². The van der Waals surface area contributed by atoms with Crippen molar-refractivity contribution in [1.29, 1.82) is 0 Å². The highest BCUT2D eigenvalue weighted by molar-refractivity contribution is 6.06. The van der Waals surface area contributed by atoms with E-state index in [2.05, 4.69) is 49.7 Å². The first-order valence-corrected chi connectivity index (χ1v) is 12.1. The second-order valence-corrected chi connectivity index (χ2v) is 8.86. The highest BCUT2D eigenvalue weighted by Crippen LogP contribution is 2.24. The minimum atomic E-state index is -5.08. The summed E-state index contributed by atoms with van der Waals surface area (Å²) in [5.74, 6) is -2.61. The van der Waals surface area contributed by atoms with Crippen molar-refractivity contribution in [1.82, 2.24) is 20.1 Å². The molecule has 0 saturated carbocycles. The minimum absolute atomic E-state index is 0.0470. The number of aliphatic carboxylic acids is 1. The lowest BCUT2D eigenvalue weighted by molar-refractivity contribution is -0.192. The number of ether oxygens (including phenoxy) is 1. The molecular weight excluding hydrogens is 515 g/mol. The van der Waals surface area contributed by atoms with Crippen LogP contribution in [0.4, 0.5) is 18.9 Å². The van der Waals surface area contributed by atoms with Crippen molar-refractivity contribution in [3.63, 3.8) is 0 Å². The quantitative estimate of drug-likeness (QED) is 0.318. The molecule has 1 aliphatic rings. The fraction of sp³-hybridized carbons (Fsp3) is 0.259. The van der Waals surface area contributed by atoms with Crippen LogP contribution in [0.3, 0.4) is 0 Å². The lowest BCUT2D eigenvalue weighted by Crippen LogP contribution is -2.38. The van der Waals surface area contributed by atoms with Crippen molar-refractivity contribution in [2.45, 2.75) is 31.7 Å². The number of carbonyl (C=O) groups is 2. The number of rotatable bonds is 6. The Balaban J connectivity index is 0.000000448. The maximum absolute atomic E-state index is 12.9. The molecule has 0 spiro atoms. The monoisotopic (exact) mass is 541 g/mol. The van der Waals surface area contributed by atoms with E-state index in [0.29, 0.717) is 17.1 Å². The fourth-order valence-corrected chi connectivity index (χ4v) is 4.06. The van der Waals surface area contributed by atoms with Crippen molar-refractivity contribution in [3.8, 4) is 5.88 Å². The van der Waals surface area contributed by atoms with Gasteiger partial charge in [0.15, 0.2) is 0 Å². The number of H-pyrrole nitrogens is 1. The summed E-state index contributed by atoms with van der Waals surface area (Å²) in [6, 6.07) is 19.6. The Morgan fingerprint density at radius 2 is 1.79 bits per heavy atom. The van der Waals surface area contributed by atoms with E-state index in [-0.39, 0.29) is 12.0 Å². The summed E-state index contributed by atoms with van der Waals surface area (Å²) < 4.78 is 37.9. The van der Waals surface area contributed by atoms with Gasteiger partial charge in [-0.2, -0.15) is 18.3 Å². The van der Waals surface area contributed by atoms with Gasteiger partial charge in [0, 0.05) is 36.9 Å². The van der Waals surface area contributed by atoms with E-state index in [9.17, 15) is 18.0 Å². The number of amides is 1. The number of aromatic nitrogens is 3. The third-order valence-corrected chi connectivity index (χ3v) is 6.02. The molecular formula is C27H26F3N5O4. The van der Waals surface area contributed by atoms with Crippen molar-refractivity contribution < 1.29 is 32.6 Å². The molecule has 0 radical (unpaired) electrons. The van der Waals surface area contributed by atoms with Gasteiger partial charge in [-0.1, -0.05) is 30.3 Å². The van der Waals surface area contributed by atoms with Crippen LogP contribution in [0.15, 0.2) is 73.1 Å². The zero-order valence-electron chi connectivity index (χ0n) is 20.7. The molecule has 1 fully saturated rings. The van der Waals surface area contributed by atoms with Crippen LogP contribution in [0, 0.1) is 0 Å². The molecule has 12 heteroatoms. The number of halogens is 3. The molecule has 2 aromatic heterocycles. The zero-order valence-corrected chi connectivity index (χ0v) is 20.7. The number of nitrogens with zero attached hydrogens (tertiary/aromatic N) is 3. The lowest BCUT2D eigenvalue weighted by atomic mass is 10.1. The van der Waals surface area contributed by atoms with E-state index < -0.39 is 12.1 Å². The summed E-state index contributed by atoms with van der Waals surface area (Å²) in [6.07, 6.45) is 0.163. The molecule has 0 bridgehead atoms. The van der Waals surface area contributed by atoms with Crippen molar-refractivity contribution >= 4 is 28.5 Å². The largest absolute Gasteiger partial charge is 0.490 e. The molecule has 0 atom stereocenters. The van der Waals surface area contributed by atoms with Crippen molar-refractivity contribution in [3.05, 3.63) is 84.2 Å². The third-order valence-electron chi connectivity index (χ3n) is 6.02. The Labute approximate surface area is 221 Å². The van der Waals surface area contributed by atoms with Gasteiger partial charge >= 0.3 is 12.1 Å². The Bertz CT molecular complexity index is 1400. The van der Waals surface area contributed by atoms with Gasteiger partial charge in [-0.25, -0.2) is 9.78 Å². The number of hydrogen-bond donors (Lipinski definition) is 3. The Morgan fingerprint density at radius 3 is 2.49 bits per heavy atom. The molecule has 3 N–H and O–H groups in total. The molecule has 2 aromatic carbocycles. The first kappa shape index (κ1) is 27.6. The summed E-state index contributed by atoms with van der Waals surface area (Å²) in [4.78, 5) is 28.6. The summed E-state index contributed by atoms with van der Waals surface area (Å²) in [5.41, 5.74) is 3.38. The van der Waals surface area contributed by atoms with Crippen molar-refractivity contribution in [2.75, 3.05) is 18.4 Å². The summed E-state index contributed by atoms with van der Waals surface area (Å²) in [5, 5.41) is 17.9. The molecule has 204 valence electrons. The van der Waals surface area contributed by atoms with Gasteiger partial charge < -0.3 is 15.2 Å². The molecule has 9 nitrogen and oxygen atoms in total. The molecule has 3 heterocycles. The van der Waals surface area contributed by atoms with Crippen LogP contribution in [-0.2, 0) is 11.3 Å². The third kappa shape index (κ3) is 7.77. The molecule has 5 rings (SSSR count). The van der Waals surface area contributed by atoms with Gasteiger partial charge in [-0.05, 0) is 48.7 Å². The van der Waals surface area contributed by atoms with Crippen LogP contribution in [0.2, 0.25) is 0 Å². The van der Waals surface area contributed by atoms with Gasteiger partial charge in [0.05, 0.1) is 11.7 Å². The normalized spacial score (nSPS) is 14.3. The molecule has 0 unspecified atom stereocenters. The fourth-order valence-electron chi connectivity index (χ4n) is 4.06. The average Bonchev–Trinajstić information content (AvgIpc) is 3.38. The van der Waals surface area contributed by atoms with Gasteiger partial charge in [-0.3, -0.25) is 14.8 Å². The predicted octanol–water partition coefficient (Wildman–Crippen LogP) is 4.89. The van der Waals surface area contributed by atoms with E-state index in [1.165, 1.54) is 5.56 Å². The zero-order chi connectivity index (χ0) is 27.8. The number of pyridine rings is 1. The van der Waals surface area contributed by atoms with Crippen LogP contribution in [-0.4, -0.2) is 62.4 Å². The highest BCUT2D eigenvalue weighted by atomic mass is 19.4. The van der Waals surface area contributed by atoms with Gasteiger partial charge in [0.25, 0.3) is 5.91 Å². The molecule has 0 aliphatic carbocycles. The Kier molecular flexibility index (Phi) is 8.77. The number of carbonyl (C=O) groups excluding carboxylic acids is 1. The van der Waals surface area contributed by atoms with Gasteiger partial charge in [0.1, 0.15) is 11.7 Å². The summed E-state index contributed by atoms with van der Waals surface area (Å²) in [7, 11) is 0. The average molecular weight is 542 g/mol. The van der Waals surface area contributed by atoms with Crippen LogP contribution in [0.25, 0.3) is 10.9 Å². The topological polar surface area (TPSA) is 120 Å². The van der Waals surface area contributed by atoms with Crippen LogP contribution in [0.5, 0.6) is 5.88 Å². The van der Waals surface area contributed by atoms with Crippen molar-refractivity contribution in [2.24, 2.45) is 0 Å². The number of piperidine rings is 1. The first-order valence-electron chi connectivity index (χ1n) is 12.1. The number of anilines is 1. The number of likely N-dealkylation sites (tertiary alicyclic amines) is 1. The summed E-state index contributed by atoms with van der Waals surface area (Å²) in [6.45, 7) is 2.86. The standard InChI is InChI=1S/C25H25N5O2.C2HF3O2/c31-24(28-20-8-9-23-19(15-20)16-27-29-23)22-7-4-12-26-25(22)32-21-10-13-30(14-11-21)17-18-5-2-1-3-6-18;3-2(4,5)1(6)7/h1-9,12,15-16,21H,10-11,13-14,17H2,(H,27,29)(H,28,31);(H,6,7). The predicted molar refractivity (Wildman–Crippen MR) is 137 cm³/mol. The minimum Gasteiger partial charge on any atom is -0.475 e.